The summed E-state index contributed by atoms with van der Waals surface area (Å²) in [4.78, 5) is 29.2. The van der Waals surface area contributed by atoms with Crippen molar-refractivity contribution in [3.8, 4) is 11.5 Å². The summed E-state index contributed by atoms with van der Waals surface area (Å²) in [5.74, 6) is 0.794. The highest BCUT2D eigenvalue weighted by molar-refractivity contribution is 8.18. The Morgan fingerprint density at radius 1 is 1.10 bits per heavy atom. The molecule has 0 spiro atoms. The Bertz CT molecular complexity index is 1020. The van der Waals surface area contributed by atoms with Gasteiger partial charge in [0.1, 0.15) is 0 Å². The van der Waals surface area contributed by atoms with E-state index in [1.165, 1.54) is 4.90 Å². The second-order valence-electron chi connectivity index (χ2n) is 6.83. The Hall–Kier alpha value is -2.64. The third-order valence-corrected chi connectivity index (χ3v) is 6.32. The first-order valence-corrected chi connectivity index (χ1v) is 10.9. The Kier molecular flexibility index (Phi) is 5.92. The highest BCUT2D eigenvalue weighted by atomic mass is 35.5. The number of benzene rings is 2. The van der Waals surface area contributed by atoms with E-state index < -0.39 is 0 Å². The van der Waals surface area contributed by atoms with Crippen molar-refractivity contribution in [1.82, 2.24) is 4.90 Å². The second-order valence-corrected chi connectivity index (χ2v) is 8.23. The molecule has 2 aromatic rings. The van der Waals surface area contributed by atoms with Crippen LogP contribution in [0.4, 0.5) is 10.5 Å². The summed E-state index contributed by atoms with van der Waals surface area (Å²) in [5.41, 5.74) is 2.63. The zero-order valence-electron chi connectivity index (χ0n) is 16.7. The number of nitrogens with zero attached hydrogens (tertiary/aromatic N) is 2. The topological polar surface area (TPSA) is 59.1 Å². The van der Waals surface area contributed by atoms with Gasteiger partial charge in [-0.1, -0.05) is 23.7 Å². The van der Waals surface area contributed by atoms with E-state index in [9.17, 15) is 9.59 Å². The van der Waals surface area contributed by atoms with Crippen LogP contribution in [0.2, 0.25) is 5.02 Å². The zero-order valence-corrected chi connectivity index (χ0v) is 18.3. The lowest BCUT2D eigenvalue weighted by Crippen LogP contribution is -2.27. The van der Waals surface area contributed by atoms with Crippen LogP contribution in [0.25, 0.3) is 6.08 Å². The molecule has 2 aliphatic heterocycles. The van der Waals surface area contributed by atoms with Gasteiger partial charge in [-0.15, -0.1) is 0 Å². The predicted molar refractivity (Wildman–Crippen MR) is 119 cm³/mol. The SMILES string of the molecule is CCN(CC)c1ccc(/C=C2/SC(=O)N(Cc3cc4c(cc3Cl)OCO4)C2=O)cc1. The second kappa shape index (κ2) is 8.62. The van der Waals surface area contributed by atoms with Gasteiger partial charge in [-0.25, -0.2) is 0 Å². The Labute approximate surface area is 184 Å². The van der Waals surface area contributed by atoms with Crippen molar-refractivity contribution in [1.29, 1.82) is 0 Å². The fourth-order valence-corrected chi connectivity index (χ4v) is 4.46. The molecule has 2 amide bonds. The van der Waals surface area contributed by atoms with Crippen molar-refractivity contribution in [2.45, 2.75) is 20.4 Å². The molecule has 2 aromatic carbocycles. The number of fused-ring (bicyclic) bond motifs is 1. The van der Waals surface area contributed by atoms with Crippen LogP contribution in [0, 0.1) is 0 Å². The molecule has 0 aliphatic carbocycles. The van der Waals surface area contributed by atoms with E-state index in [1.54, 1.807) is 18.2 Å². The van der Waals surface area contributed by atoms with Crippen LogP contribution in [0.3, 0.4) is 0 Å². The average Bonchev–Trinajstić information content (AvgIpc) is 3.29. The third kappa shape index (κ3) is 4.00. The zero-order chi connectivity index (χ0) is 21.3. The number of rotatable bonds is 6. The maximum Gasteiger partial charge on any atom is 0.293 e. The molecule has 0 unspecified atom stereocenters. The number of imide groups is 1. The van der Waals surface area contributed by atoms with Crippen LogP contribution in [0.1, 0.15) is 25.0 Å². The van der Waals surface area contributed by atoms with E-state index in [4.69, 9.17) is 21.1 Å². The van der Waals surface area contributed by atoms with E-state index in [0.717, 1.165) is 36.1 Å². The summed E-state index contributed by atoms with van der Waals surface area (Å²) in [7, 11) is 0. The quantitative estimate of drug-likeness (QED) is 0.574. The van der Waals surface area contributed by atoms with Gasteiger partial charge in [0.2, 0.25) is 6.79 Å². The van der Waals surface area contributed by atoms with Crippen molar-refractivity contribution < 1.29 is 19.1 Å². The minimum atomic E-state index is -0.327. The van der Waals surface area contributed by atoms with E-state index in [-0.39, 0.29) is 24.5 Å². The van der Waals surface area contributed by atoms with Gasteiger partial charge in [0, 0.05) is 29.9 Å². The molecule has 4 rings (SSSR count). The molecular weight excluding hydrogens is 424 g/mol. The summed E-state index contributed by atoms with van der Waals surface area (Å²) in [6, 6.07) is 11.3. The number of hydrogen-bond donors (Lipinski definition) is 0. The molecule has 6 nitrogen and oxygen atoms in total. The Balaban J connectivity index is 1.51. The monoisotopic (exact) mass is 444 g/mol. The highest BCUT2D eigenvalue weighted by Gasteiger charge is 2.35. The molecule has 2 aliphatic rings. The number of carbonyl (C=O) groups is 2. The largest absolute Gasteiger partial charge is 0.454 e. The van der Waals surface area contributed by atoms with Crippen LogP contribution in [0.15, 0.2) is 41.3 Å². The van der Waals surface area contributed by atoms with E-state index >= 15 is 0 Å². The molecule has 0 radical (unpaired) electrons. The predicted octanol–water partition coefficient (Wildman–Crippen LogP) is 5.15. The van der Waals surface area contributed by atoms with Crippen molar-refractivity contribution in [2.24, 2.45) is 0 Å². The number of halogens is 1. The van der Waals surface area contributed by atoms with Crippen LogP contribution >= 0.6 is 23.4 Å². The lowest BCUT2D eigenvalue weighted by molar-refractivity contribution is -0.123. The fourth-order valence-electron chi connectivity index (χ4n) is 3.41. The van der Waals surface area contributed by atoms with Gasteiger partial charge in [-0.3, -0.25) is 14.5 Å². The van der Waals surface area contributed by atoms with Gasteiger partial charge in [-0.2, -0.15) is 0 Å². The first kappa shape index (κ1) is 20.6. The van der Waals surface area contributed by atoms with Crippen LogP contribution in [-0.4, -0.2) is 35.9 Å². The summed E-state index contributed by atoms with van der Waals surface area (Å²) in [6.45, 7) is 6.29. The normalized spacial score (nSPS) is 16.6. The molecule has 0 N–H and O–H groups in total. The molecule has 0 aromatic heterocycles. The van der Waals surface area contributed by atoms with Gasteiger partial charge < -0.3 is 14.4 Å². The van der Waals surface area contributed by atoms with Crippen LogP contribution in [-0.2, 0) is 11.3 Å². The average molecular weight is 445 g/mol. The molecule has 156 valence electrons. The maximum absolute atomic E-state index is 12.8. The van der Waals surface area contributed by atoms with Gasteiger partial charge in [0.25, 0.3) is 11.1 Å². The number of ether oxygens (including phenoxy) is 2. The lowest BCUT2D eigenvalue weighted by atomic mass is 10.1. The molecule has 1 saturated heterocycles. The van der Waals surface area contributed by atoms with E-state index in [2.05, 4.69) is 18.7 Å². The third-order valence-electron chi connectivity index (χ3n) is 5.06. The van der Waals surface area contributed by atoms with Crippen molar-refractivity contribution in [3.63, 3.8) is 0 Å². The van der Waals surface area contributed by atoms with Crippen LogP contribution in [0.5, 0.6) is 11.5 Å². The summed E-state index contributed by atoms with van der Waals surface area (Å²) in [6.07, 6.45) is 1.75. The molecule has 0 saturated carbocycles. The number of anilines is 1. The van der Waals surface area contributed by atoms with Crippen molar-refractivity contribution >= 4 is 46.3 Å². The minimum Gasteiger partial charge on any atom is -0.454 e. The fraction of sp³-hybridized carbons (Fsp3) is 0.273. The summed E-state index contributed by atoms with van der Waals surface area (Å²) in [5, 5.41) is 0.106. The van der Waals surface area contributed by atoms with Gasteiger partial charge in [0.05, 0.1) is 11.4 Å². The first-order chi connectivity index (χ1) is 14.5. The molecule has 8 heteroatoms. The smallest absolute Gasteiger partial charge is 0.293 e. The van der Waals surface area contributed by atoms with Gasteiger partial charge in [-0.05, 0) is 61.0 Å². The van der Waals surface area contributed by atoms with Crippen molar-refractivity contribution in [2.75, 3.05) is 24.8 Å². The van der Waals surface area contributed by atoms with E-state index in [0.29, 0.717) is 27.0 Å². The Morgan fingerprint density at radius 2 is 1.77 bits per heavy atom. The number of thioether (sulfide) groups is 1. The standard InChI is InChI=1S/C22H21ClN2O4S/c1-3-24(4-2)16-7-5-14(6-8-16)9-20-21(26)25(22(27)30-20)12-15-10-18-19(11-17(15)23)29-13-28-18/h5-11H,3-4,12-13H2,1-2H3/b20-9+. The number of carbonyl (C=O) groups excluding carboxylic acids is 2. The highest BCUT2D eigenvalue weighted by Crippen LogP contribution is 2.39. The van der Waals surface area contributed by atoms with Crippen molar-refractivity contribution in [3.05, 3.63) is 57.5 Å². The molecule has 0 bridgehead atoms. The van der Waals surface area contributed by atoms with Crippen LogP contribution < -0.4 is 14.4 Å². The molecule has 0 atom stereocenters. The molecule has 2 heterocycles. The van der Waals surface area contributed by atoms with Gasteiger partial charge in [0.15, 0.2) is 11.5 Å². The molecule has 1 fully saturated rings. The summed E-state index contributed by atoms with van der Waals surface area (Å²) >= 11 is 7.24. The molecular formula is C22H21ClN2O4S. The number of amides is 2. The lowest BCUT2D eigenvalue weighted by Gasteiger charge is -2.20. The Morgan fingerprint density at radius 3 is 2.43 bits per heavy atom. The minimum absolute atomic E-state index is 0.0817. The molecule has 30 heavy (non-hydrogen) atoms. The van der Waals surface area contributed by atoms with Gasteiger partial charge >= 0.3 is 0 Å². The number of hydrogen-bond acceptors (Lipinski definition) is 6. The van der Waals surface area contributed by atoms with E-state index in [1.807, 2.05) is 24.3 Å². The maximum atomic E-state index is 12.8. The summed E-state index contributed by atoms with van der Waals surface area (Å²) < 4.78 is 10.7. The first-order valence-electron chi connectivity index (χ1n) is 9.68.